The van der Waals surface area contributed by atoms with Gasteiger partial charge in [-0.3, -0.25) is 0 Å². The van der Waals surface area contributed by atoms with Gasteiger partial charge in [0.2, 0.25) is 0 Å². The van der Waals surface area contributed by atoms with Crippen molar-refractivity contribution in [1.82, 2.24) is 5.32 Å². The van der Waals surface area contributed by atoms with Crippen LogP contribution >= 0.6 is 0 Å². The summed E-state index contributed by atoms with van der Waals surface area (Å²) in [4.78, 5) is 0. The van der Waals surface area contributed by atoms with E-state index in [1.54, 1.807) is 7.11 Å². The summed E-state index contributed by atoms with van der Waals surface area (Å²) in [6.45, 7) is 5.29. The Morgan fingerprint density at radius 3 is 2.89 bits per heavy atom. The van der Waals surface area contributed by atoms with Crippen molar-refractivity contribution in [2.75, 3.05) is 20.3 Å². The Kier molecular flexibility index (Phi) is 5.28. The van der Waals surface area contributed by atoms with Crippen molar-refractivity contribution in [3.05, 3.63) is 42.7 Å². The quantitative estimate of drug-likeness (QED) is 0.576. The molecule has 0 radical (unpaired) electrons. The Bertz CT molecular complexity index is 399. The maximum Gasteiger partial charge on any atom is 0.122 e. The van der Waals surface area contributed by atoms with Crippen molar-refractivity contribution in [2.24, 2.45) is 0 Å². The minimum absolute atomic E-state index is 0.637. The van der Waals surface area contributed by atoms with Crippen molar-refractivity contribution in [2.45, 2.75) is 31.2 Å². The predicted molar refractivity (Wildman–Crippen MR) is 77.5 cm³/mol. The first-order chi connectivity index (χ1) is 9.35. The Labute approximate surface area is 115 Å². The monoisotopic (exact) mass is 261 g/mol. The molecule has 0 amide bonds. The molecule has 3 nitrogen and oxygen atoms in total. The van der Waals surface area contributed by atoms with Crippen LogP contribution in [-0.4, -0.2) is 26.3 Å². The number of para-hydroxylation sites is 1. The highest BCUT2D eigenvalue weighted by molar-refractivity contribution is 5.37. The van der Waals surface area contributed by atoms with Gasteiger partial charge in [0.25, 0.3) is 0 Å². The molecule has 2 rings (SSSR count). The molecule has 0 aliphatic heterocycles. The van der Waals surface area contributed by atoms with E-state index in [-0.39, 0.29) is 0 Å². The minimum Gasteiger partial charge on any atom is -0.502 e. The zero-order chi connectivity index (χ0) is 13.5. The Balaban J connectivity index is 1.69. The second-order valence-corrected chi connectivity index (χ2v) is 4.95. The van der Waals surface area contributed by atoms with E-state index >= 15 is 0 Å². The van der Waals surface area contributed by atoms with Crippen LogP contribution in [0.25, 0.3) is 0 Å². The summed E-state index contributed by atoms with van der Waals surface area (Å²) in [5, 5.41) is 3.56. The van der Waals surface area contributed by atoms with Crippen LogP contribution in [0.3, 0.4) is 0 Å². The lowest BCUT2D eigenvalue weighted by atomic mass is 9.75. The normalized spacial score (nSPS) is 21.5. The molecule has 104 valence electrons. The molecule has 0 atom stereocenters. The summed E-state index contributed by atoms with van der Waals surface area (Å²) in [5.41, 5.74) is 1.35. The highest BCUT2D eigenvalue weighted by Crippen LogP contribution is 2.40. The SMILES string of the molecule is C=COCCCNC1CC(c2ccccc2OC)C1. The van der Waals surface area contributed by atoms with Gasteiger partial charge in [0.15, 0.2) is 0 Å². The third-order valence-corrected chi connectivity index (χ3v) is 3.71. The molecular formula is C16H23NO2. The number of nitrogens with one attached hydrogen (secondary N) is 1. The third kappa shape index (κ3) is 3.74. The van der Waals surface area contributed by atoms with E-state index in [2.05, 4.69) is 24.0 Å². The molecule has 0 aromatic heterocycles. The van der Waals surface area contributed by atoms with Gasteiger partial charge in [-0.2, -0.15) is 0 Å². The van der Waals surface area contributed by atoms with Gasteiger partial charge in [-0.15, -0.1) is 0 Å². The lowest BCUT2D eigenvalue weighted by molar-refractivity contribution is 0.231. The fourth-order valence-corrected chi connectivity index (χ4v) is 2.59. The molecule has 3 heteroatoms. The average Bonchev–Trinajstić information content (AvgIpc) is 2.40. The maximum atomic E-state index is 5.42. The molecule has 0 heterocycles. The van der Waals surface area contributed by atoms with Crippen molar-refractivity contribution >= 4 is 0 Å². The lowest BCUT2D eigenvalue weighted by Crippen LogP contribution is -2.40. The molecule has 0 saturated heterocycles. The second-order valence-electron chi connectivity index (χ2n) is 4.95. The highest BCUT2D eigenvalue weighted by atomic mass is 16.5. The molecule has 19 heavy (non-hydrogen) atoms. The topological polar surface area (TPSA) is 30.5 Å². The highest BCUT2D eigenvalue weighted by Gasteiger charge is 2.31. The van der Waals surface area contributed by atoms with Crippen LogP contribution in [0.1, 0.15) is 30.7 Å². The summed E-state index contributed by atoms with van der Waals surface area (Å²) in [5.74, 6) is 1.66. The number of hydrogen-bond acceptors (Lipinski definition) is 3. The number of rotatable bonds is 8. The van der Waals surface area contributed by atoms with Gasteiger partial charge in [-0.05, 0) is 43.4 Å². The lowest BCUT2D eigenvalue weighted by Gasteiger charge is -2.37. The molecule has 0 spiro atoms. The van der Waals surface area contributed by atoms with Crippen LogP contribution in [-0.2, 0) is 4.74 Å². The average molecular weight is 261 g/mol. The zero-order valence-corrected chi connectivity index (χ0v) is 11.6. The fraction of sp³-hybridized carbons (Fsp3) is 0.500. The van der Waals surface area contributed by atoms with Crippen LogP contribution in [0.5, 0.6) is 5.75 Å². The summed E-state index contributed by atoms with van der Waals surface area (Å²) >= 11 is 0. The molecule has 0 bridgehead atoms. The minimum atomic E-state index is 0.637. The predicted octanol–water partition coefficient (Wildman–Crippen LogP) is 3.08. The standard InChI is InChI=1S/C16H23NO2/c1-3-19-10-6-9-17-14-11-13(12-14)15-7-4-5-8-16(15)18-2/h3-5,7-8,13-14,17H,1,6,9-12H2,2H3. The van der Waals surface area contributed by atoms with Crippen molar-refractivity contribution < 1.29 is 9.47 Å². The van der Waals surface area contributed by atoms with Gasteiger partial charge in [0.1, 0.15) is 5.75 Å². The maximum absolute atomic E-state index is 5.42. The molecule has 1 aliphatic rings. The Morgan fingerprint density at radius 2 is 2.16 bits per heavy atom. The van der Waals surface area contributed by atoms with E-state index in [9.17, 15) is 0 Å². The van der Waals surface area contributed by atoms with Gasteiger partial charge in [0, 0.05) is 6.04 Å². The molecule has 1 aliphatic carbocycles. The largest absolute Gasteiger partial charge is 0.502 e. The first-order valence-electron chi connectivity index (χ1n) is 6.94. The van der Waals surface area contributed by atoms with Crippen molar-refractivity contribution in [1.29, 1.82) is 0 Å². The summed E-state index contributed by atoms with van der Waals surface area (Å²) in [6, 6.07) is 8.97. The second kappa shape index (κ2) is 7.19. The third-order valence-electron chi connectivity index (χ3n) is 3.71. The van der Waals surface area contributed by atoms with Gasteiger partial charge < -0.3 is 14.8 Å². The smallest absolute Gasteiger partial charge is 0.122 e. The number of methoxy groups -OCH3 is 1. The zero-order valence-electron chi connectivity index (χ0n) is 11.6. The number of ether oxygens (including phenoxy) is 2. The van der Waals surface area contributed by atoms with E-state index in [0.29, 0.717) is 12.0 Å². The molecule has 0 unspecified atom stereocenters. The summed E-state index contributed by atoms with van der Waals surface area (Å²) in [6.07, 6.45) is 4.92. The number of hydrogen-bond donors (Lipinski definition) is 1. The Morgan fingerprint density at radius 1 is 1.37 bits per heavy atom. The van der Waals surface area contributed by atoms with Crippen LogP contribution in [0, 0.1) is 0 Å². The first kappa shape index (κ1) is 13.9. The summed E-state index contributed by atoms with van der Waals surface area (Å²) < 4.78 is 10.5. The van der Waals surface area contributed by atoms with E-state index in [1.165, 1.54) is 24.7 Å². The van der Waals surface area contributed by atoms with Crippen molar-refractivity contribution in [3.8, 4) is 5.75 Å². The Hall–Kier alpha value is -1.48. The van der Waals surface area contributed by atoms with Crippen LogP contribution < -0.4 is 10.1 Å². The van der Waals surface area contributed by atoms with Crippen LogP contribution in [0.2, 0.25) is 0 Å². The van der Waals surface area contributed by atoms with Gasteiger partial charge in [0.05, 0.1) is 20.0 Å². The molecule has 1 saturated carbocycles. The molecule has 1 N–H and O–H groups in total. The fourth-order valence-electron chi connectivity index (χ4n) is 2.59. The molecular weight excluding hydrogens is 238 g/mol. The molecule has 1 fully saturated rings. The number of benzene rings is 1. The van der Waals surface area contributed by atoms with E-state index in [0.717, 1.165) is 25.3 Å². The van der Waals surface area contributed by atoms with Gasteiger partial charge in [-0.1, -0.05) is 24.8 Å². The molecule has 1 aromatic carbocycles. The van der Waals surface area contributed by atoms with E-state index < -0.39 is 0 Å². The molecule has 1 aromatic rings. The van der Waals surface area contributed by atoms with Crippen LogP contribution in [0.15, 0.2) is 37.1 Å². The van der Waals surface area contributed by atoms with E-state index in [4.69, 9.17) is 9.47 Å². The summed E-state index contributed by atoms with van der Waals surface area (Å²) in [7, 11) is 1.74. The van der Waals surface area contributed by atoms with Crippen LogP contribution in [0.4, 0.5) is 0 Å². The van der Waals surface area contributed by atoms with Gasteiger partial charge in [-0.25, -0.2) is 0 Å². The van der Waals surface area contributed by atoms with E-state index in [1.807, 2.05) is 12.1 Å². The van der Waals surface area contributed by atoms with Crippen molar-refractivity contribution in [3.63, 3.8) is 0 Å². The van der Waals surface area contributed by atoms with Gasteiger partial charge >= 0.3 is 0 Å². The first-order valence-corrected chi connectivity index (χ1v) is 6.94.